The topological polar surface area (TPSA) is 46.1 Å². The molecule has 1 aromatic heterocycles. The van der Waals surface area contributed by atoms with Crippen molar-refractivity contribution in [3.63, 3.8) is 0 Å². The lowest BCUT2D eigenvalue weighted by Gasteiger charge is -2.28. The minimum Gasteiger partial charge on any atom is -0.342 e. The molecule has 0 aliphatic carbocycles. The average Bonchev–Trinajstić information content (AvgIpc) is 2.82. The molecule has 6 heteroatoms. The molecule has 1 unspecified atom stereocenters. The number of thioether (sulfide) groups is 1. The number of nitrogens with zero attached hydrogens (tertiary/aromatic N) is 3. The second kappa shape index (κ2) is 5.63. The molecule has 2 heterocycles. The summed E-state index contributed by atoms with van der Waals surface area (Å²) >= 11 is 2.99. The molecule has 4 nitrogen and oxygen atoms in total. The third-order valence-electron chi connectivity index (χ3n) is 2.63. The molecule has 0 aromatic carbocycles. The van der Waals surface area contributed by atoms with E-state index < -0.39 is 0 Å². The van der Waals surface area contributed by atoms with Gasteiger partial charge in [-0.15, -0.1) is 10.2 Å². The molecule has 88 valence electrons. The van der Waals surface area contributed by atoms with Gasteiger partial charge in [0.2, 0.25) is 5.91 Å². The first-order valence-electron chi connectivity index (χ1n) is 5.49. The van der Waals surface area contributed by atoms with Crippen LogP contribution in [-0.2, 0) is 4.79 Å². The molecule has 0 bridgehead atoms. The first-order chi connectivity index (χ1) is 7.77. The van der Waals surface area contributed by atoms with Crippen molar-refractivity contribution in [2.24, 2.45) is 0 Å². The van der Waals surface area contributed by atoms with E-state index in [4.69, 9.17) is 0 Å². The number of likely N-dealkylation sites (tertiary alicyclic amines) is 1. The number of aromatic nitrogens is 2. The van der Waals surface area contributed by atoms with E-state index in [1.165, 1.54) is 29.5 Å². The Labute approximate surface area is 103 Å². The van der Waals surface area contributed by atoms with Crippen LogP contribution < -0.4 is 0 Å². The third kappa shape index (κ3) is 2.95. The van der Waals surface area contributed by atoms with E-state index in [-0.39, 0.29) is 11.2 Å². The maximum Gasteiger partial charge on any atom is 0.235 e. The molecule has 1 aliphatic rings. The molecule has 1 saturated heterocycles. The van der Waals surface area contributed by atoms with Gasteiger partial charge in [0, 0.05) is 13.1 Å². The number of amides is 1. The van der Waals surface area contributed by atoms with Crippen LogP contribution in [-0.4, -0.2) is 39.3 Å². The largest absolute Gasteiger partial charge is 0.342 e. The van der Waals surface area contributed by atoms with E-state index in [1.807, 2.05) is 11.8 Å². The maximum absolute atomic E-state index is 12.1. The van der Waals surface area contributed by atoms with Crippen LogP contribution in [0, 0.1) is 0 Å². The second-order valence-corrected chi connectivity index (χ2v) is 6.27. The van der Waals surface area contributed by atoms with Crippen molar-refractivity contribution in [1.82, 2.24) is 15.1 Å². The minimum absolute atomic E-state index is 0.0500. The smallest absolute Gasteiger partial charge is 0.235 e. The van der Waals surface area contributed by atoms with Crippen LogP contribution >= 0.6 is 23.1 Å². The molecular weight excluding hydrogens is 242 g/mol. The van der Waals surface area contributed by atoms with Crippen molar-refractivity contribution in [1.29, 1.82) is 0 Å². The van der Waals surface area contributed by atoms with Gasteiger partial charge in [0.1, 0.15) is 5.51 Å². The predicted octanol–water partition coefficient (Wildman–Crippen LogP) is 2.03. The SMILES string of the molecule is CC(Sc1nncs1)C(=O)N1CCCCC1. The quantitative estimate of drug-likeness (QED) is 0.777. The molecule has 1 amide bonds. The highest BCUT2D eigenvalue weighted by molar-refractivity contribution is 8.02. The minimum atomic E-state index is -0.0500. The Morgan fingerprint density at radius 2 is 2.25 bits per heavy atom. The molecule has 0 radical (unpaired) electrons. The molecular formula is C10H15N3OS2. The fourth-order valence-corrected chi connectivity index (χ4v) is 3.50. The second-order valence-electron chi connectivity index (χ2n) is 3.85. The molecule has 2 rings (SSSR count). The number of hydrogen-bond acceptors (Lipinski definition) is 5. The maximum atomic E-state index is 12.1. The van der Waals surface area contributed by atoms with Crippen molar-refractivity contribution >= 4 is 29.0 Å². The van der Waals surface area contributed by atoms with Gasteiger partial charge >= 0.3 is 0 Å². The molecule has 0 spiro atoms. The molecule has 1 fully saturated rings. The number of carbonyl (C=O) groups excluding carboxylic acids is 1. The summed E-state index contributed by atoms with van der Waals surface area (Å²) in [6.45, 7) is 3.78. The fourth-order valence-electron chi connectivity index (χ4n) is 1.79. The van der Waals surface area contributed by atoms with Crippen LogP contribution in [0.3, 0.4) is 0 Å². The monoisotopic (exact) mass is 257 g/mol. The van der Waals surface area contributed by atoms with Crippen molar-refractivity contribution < 1.29 is 4.79 Å². The Morgan fingerprint density at radius 1 is 1.50 bits per heavy atom. The van der Waals surface area contributed by atoms with E-state index in [9.17, 15) is 4.79 Å². The highest BCUT2D eigenvalue weighted by Crippen LogP contribution is 2.26. The molecule has 1 aliphatic heterocycles. The molecule has 1 atom stereocenters. The Kier molecular flexibility index (Phi) is 4.17. The Hall–Kier alpha value is -0.620. The zero-order valence-corrected chi connectivity index (χ0v) is 10.9. The lowest BCUT2D eigenvalue weighted by molar-refractivity contribution is -0.131. The fraction of sp³-hybridized carbons (Fsp3) is 0.700. The summed E-state index contributed by atoms with van der Waals surface area (Å²) < 4.78 is 0.873. The van der Waals surface area contributed by atoms with Crippen molar-refractivity contribution in [3.05, 3.63) is 5.51 Å². The zero-order valence-electron chi connectivity index (χ0n) is 9.26. The van der Waals surface area contributed by atoms with Gasteiger partial charge in [-0.2, -0.15) is 0 Å². The summed E-state index contributed by atoms with van der Waals surface area (Å²) in [5.41, 5.74) is 1.69. The van der Waals surface area contributed by atoms with Gasteiger partial charge in [0.25, 0.3) is 0 Å². The highest BCUT2D eigenvalue weighted by Gasteiger charge is 2.23. The van der Waals surface area contributed by atoms with Crippen molar-refractivity contribution in [2.75, 3.05) is 13.1 Å². The third-order valence-corrected chi connectivity index (χ3v) is 4.53. The van der Waals surface area contributed by atoms with Gasteiger partial charge in [-0.25, -0.2) is 0 Å². The highest BCUT2D eigenvalue weighted by atomic mass is 32.2. The number of carbonyl (C=O) groups is 1. The predicted molar refractivity (Wildman–Crippen MR) is 65.7 cm³/mol. The van der Waals surface area contributed by atoms with Gasteiger partial charge in [0.15, 0.2) is 4.34 Å². The van der Waals surface area contributed by atoms with E-state index in [1.54, 1.807) is 5.51 Å². The van der Waals surface area contributed by atoms with E-state index in [0.29, 0.717) is 0 Å². The van der Waals surface area contributed by atoms with E-state index >= 15 is 0 Å². The van der Waals surface area contributed by atoms with E-state index in [0.717, 1.165) is 30.3 Å². The summed E-state index contributed by atoms with van der Waals surface area (Å²) in [7, 11) is 0. The van der Waals surface area contributed by atoms with Crippen LogP contribution in [0.5, 0.6) is 0 Å². The molecule has 0 saturated carbocycles. The first-order valence-corrected chi connectivity index (χ1v) is 7.25. The Balaban J connectivity index is 1.88. The van der Waals surface area contributed by atoms with Gasteiger partial charge in [-0.1, -0.05) is 23.1 Å². The summed E-state index contributed by atoms with van der Waals surface area (Å²) in [4.78, 5) is 14.1. The van der Waals surface area contributed by atoms with E-state index in [2.05, 4.69) is 10.2 Å². The molecule has 16 heavy (non-hydrogen) atoms. The zero-order chi connectivity index (χ0) is 11.4. The van der Waals surface area contributed by atoms with Crippen LogP contribution in [0.25, 0.3) is 0 Å². The standard InChI is InChI=1S/C10H15N3OS2/c1-8(16-10-12-11-7-15-10)9(14)13-5-3-2-4-6-13/h7-8H,2-6H2,1H3. The lowest BCUT2D eigenvalue weighted by atomic mass is 10.1. The van der Waals surface area contributed by atoms with Gasteiger partial charge in [-0.3, -0.25) is 4.79 Å². The Bertz CT molecular complexity index is 336. The molecule has 1 aromatic rings. The van der Waals surface area contributed by atoms with Crippen LogP contribution in [0.2, 0.25) is 0 Å². The van der Waals surface area contributed by atoms with Gasteiger partial charge in [-0.05, 0) is 26.2 Å². The summed E-state index contributed by atoms with van der Waals surface area (Å²) in [5.74, 6) is 0.236. The van der Waals surface area contributed by atoms with Crippen molar-refractivity contribution in [3.8, 4) is 0 Å². The van der Waals surface area contributed by atoms with Gasteiger partial charge < -0.3 is 4.90 Å². The average molecular weight is 257 g/mol. The number of rotatable bonds is 3. The first kappa shape index (κ1) is 11.9. The summed E-state index contributed by atoms with van der Waals surface area (Å²) in [5, 5.41) is 7.66. The van der Waals surface area contributed by atoms with Gasteiger partial charge in [0.05, 0.1) is 5.25 Å². The Morgan fingerprint density at radius 3 is 2.88 bits per heavy atom. The van der Waals surface area contributed by atoms with Crippen LogP contribution in [0.4, 0.5) is 0 Å². The summed E-state index contributed by atoms with van der Waals surface area (Å²) in [6, 6.07) is 0. The van der Waals surface area contributed by atoms with Crippen LogP contribution in [0.1, 0.15) is 26.2 Å². The molecule has 0 N–H and O–H groups in total. The summed E-state index contributed by atoms with van der Waals surface area (Å²) in [6.07, 6.45) is 3.53. The normalized spacial score (nSPS) is 18.4. The van der Waals surface area contributed by atoms with Crippen LogP contribution in [0.15, 0.2) is 9.85 Å². The number of piperidine rings is 1. The lowest BCUT2D eigenvalue weighted by Crippen LogP contribution is -2.40. The number of hydrogen-bond donors (Lipinski definition) is 0. The van der Waals surface area contributed by atoms with Crippen molar-refractivity contribution in [2.45, 2.75) is 35.8 Å².